The Morgan fingerprint density at radius 3 is 2.70 bits per heavy atom. The van der Waals surface area contributed by atoms with Gasteiger partial charge in [-0.2, -0.15) is 0 Å². The zero-order valence-corrected chi connectivity index (χ0v) is 13.4. The molecule has 0 aliphatic heterocycles. The van der Waals surface area contributed by atoms with Gasteiger partial charge in [-0.05, 0) is 37.6 Å². The summed E-state index contributed by atoms with van der Waals surface area (Å²) < 4.78 is 1.54. The summed E-state index contributed by atoms with van der Waals surface area (Å²) in [4.78, 5) is 16.6. The Labute approximate surface area is 138 Å². The van der Waals surface area contributed by atoms with Crippen molar-refractivity contribution in [3.8, 4) is 5.69 Å². The van der Waals surface area contributed by atoms with Gasteiger partial charge in [-0.1, -0.05) is 35.0 Å². The molecule has 0 aliphatic carbocycles. The van der Waals surface area contributed by atoms with Crippen molar-refractivity contribution in [2.75, 3.05) is 5.32 Å². The quantitative estimate of drug-likeness (QED) is 0.802. The van der Waals surface area contributed by atoms with Crippen molar-refractivity contribution in [2.24, 2.45) is 0 Å². The minimum Gasteiger partial charge on any atom is -0.305 e. The molecule has 23 heavy (non-hydrogen) atoms. The van der Waals surface area contributed by atoms with Crippen molar-refractivity contribution in [1.82, 2.24) is 20.0 Å². The maximum atomic E-state index is 12.4. The van der Waals surface area contributed by atoms with Crippen LogP contribution in [0.2, 0.25) is 5.02 Å². The van der Waals surface area contributed by atoms with Crippen LogP contribution >= 0.6 is 11.6 Å². The Balaban J connectivity index is 1.92. The summed E-state index contributed by atoms with van der Waals surface area (Å²) in [6, 6.07) is 10.9. The third-order valence-corrected chi connectivity index (χ3v) is 3.75. The zero-order chi connectivity index (χ0) is 16.4. The number of aromatic nitrogens is 4. The minimum absolute atomic E-state index is 0.231. The Morgan fingerprint density at radius 2 is 1.96 bits per heavy atom. The molecule has 2 heterocycles. The molecule has 1 aromatic carbocycles. The number of benzene rings is 1. The van der Waals surface area contributed by atoms with Gasteiger partial charge in [0.05, 0.1) is 16.4 Å². The van der Waals surface area contributed by atoms with E-state index in [1.807, 2.05) is 37.3 Å². The molecule has 6 nitrogen and oxygen atoms in total. The summed E-state index contributed by atoms with van der Waals surface area (Å²) in [5.74, 6) is 0.145. The second-order valence-electron chi connectivity index (χ2n) is 5.01. The molecule has 0 saturated carbocycles. The number of nitrogens with zero attached hydrogens (tertiary/aromatic N) is 4. The average Bonchev–Trinajstić information content (AvgIpc) is 2.92. The summed E-state index contributed by atoms with van der Waals surface area (Å²) >= 11 is 6.17. The molecule has 2 aromatic heterocycles. The van der Waals surface area contributed by atoms with E-state index in [1.54, 1.807) is 23.9 Å². The van der Waals surface area contributed by atoms with Crippen molar-refractivity contribution in [3.05, 3.63) is 64.6 Å². The summed E-state index contributed by atoms with van der Waals surface area (Å²) in [5, 5.41) is 11.3. The molecule has 0 fully saturated rings. The largest absolute Gasteiger partial charge is 0.305 e. The lowest BCUT2D eigenvalue weighted by molar-refractivity contribution is 0.102. The lowest BCUT2D eigenvalue weighted by Gasteiger charge is -2.07. The number of halogens is 1. The highest BCUT2D eigenvalue weighted by Gasteiger charge is 2.19. The van der Waals surface area contributed by atoms with E-state index in [0.717, 1.165) is 5.56 Å². The van der Waals surface area contributed by atoms with E-state index in [1.165, 1.54) is 0 Å². The summed E-state index contributed by atoms with van der Waals surface area (Å²) in [5.41, 5.74) is 2.38. The first-order valence-corrected chi connectivity index (χ1v) is 7.36. The van der Waals surface area contributed by atoms with Crippen LogP contribution in [0.1, 0.15) is 21.7 Å². The standard InChI is InChI=1S/C16H14ClN5O/c1-10-6-5-9-18-15(10)19-16(23)14-11(2)22(21-20-14)13-8-4-3-7-12(13)17/h3-9H,1-2H3,(H,18,19,23). The maximum Gasteiger partial charge on any atom is 0.279 e. The highest BCUT2D eigenvalue weighted by molar-refractivity contribution is 6.32. The smallest absolute Gasteiger partial charge is 0.279 e. The molecule has 0 bridgehead atoms. The number of pyridine rings is 1. The van der Waals surface area contributed by atoms with E-state index < -0.39 is 0 Å². The predicted octanol–water partition coefficient (Wildman–Crippen LogP) is 3.18. The molecule has 1 amide bonds. The van der Waals surface area contributed by atoms with Gasteiger partial charge in [0.1, 0.15) is 5.82 Å². The normalized spacial score (nSPS) is 10.6. The molecule has 0 radical (unpaired) electrons. The highest BCUT2D eigenvalue weighted by atomic mass is 35.5. The molecule has 1 N–H and O–H groups in total. The van der Waals surface area contributed by atoms with Crippen LogP contribution in [0.3, 0.4) is 0 Å². The van der Waals surface area contributed by atoms with Crippen LogP contribution < -0.4 is 5.32 Å². The van der Waals surface area contributed by atoms with Crippen molar-refractivity contribution < 1.29 is 4.79 Å². The molecule has 0 spiro atoms. The highest BCUT2D eigenvalue weighted by Crippen LogP contribution is 2.21. The first-order chi connectivity index (χ1) is 11.1. The first-order valence-electron chi connectivity index (χ1n) is 6.98. The van der Waals surface area contributed by atoms with Crippen LogP contribution in [0.15, 0.2) is 42.6 Å². The second-order valence-corrected chi connectivity index (χ2v) is 5.42. The fourth-order valence-electron chi connectivity index (χ4n) is 2.17. The van der Waals surface area contributed by atoms with E-state index in [-0.39, 0.29) is 11.6 Å². The van der Waals surface area contributed by atoms with Gasteiger partial charge < -0.3 is 5.32 Å². The third kappa shape index (κ3) is 2.93. The van der Waals surface area contributed by atoms with E-state index in [9.17, 15) is 4.79 Å². The van der Waals surface area contributed by atoms with Gasteiger partial charge in [-0.15, -0.1) is 5.10 Å². The monoisotopic (exact) mass is 327 g/mol. The molecule has 3 rings (SSSR count). The van der Waals surface area contributed by atoms with E-state index >= 15 is 0 Å². The maximum absolute atomic E-state index is 12.4. The number of hydrogen-bond acceptors (Lipinski definition) is 4. The fraction of sp³-hybridized carbons (Fsp3) is 0.125. The Morgan fingerprint density at radius 1 is 1.17 bits per heavy atom. The third-order valence-electron chi connectivity index (χ3n) is 3.43. The molecule has 0 aliphatic rings. The summed E-state index contributed by atoms with van der Waals surface area (Å²) in [6.45, 7) is 3.64. The van der Waals surface area contributed by atoms with Gasteiger partial charge in [-0.3, -0.25) is 4.79 Å². The molecular weight excluding hydrogens is 314 g/mol. The number of carbonyl (C=O) groups excluding carboxylic acids is 1. The molecule has 0 unspecified atom stereocenters. The van der Waals surface area contributed by atoms with Gasteiger partial charge in [0.15, 0.2) is 5.69 Å². The molecule has 0 atom stereocenters. The van der Waals surface area contributed by atoms with Gasteiger partial charge >= 0.3 is 0 Å². The Hall–Kier alpha value is -2.73. The van der Waals surface area contributed by atoms with Crippen LogP contribution in [0.4, 0.5) is 5.82 Å². The van der Waals surface area contributed by atoms with Gasteiger partial charge in [0, 0.05) is 6.20 Å². The van der Waals surface area contributed by atoms with Crippen LogP contribution in [-0.4, -0.2) is 25.9 Å². The molecule has 3 aromatic rings. The summed E-state index contributed by atoms with van der Waals surface area (Å²) in [6.07, 6.45) is 1.62. The van der Waals surface area contributed by atoms with E-state index in [0.29, 0.717) is 22.2 Å². The Bertz CT molecular complexity index is 874. The number of aryl methyl sites for hydroxylation is 1. The fourth-order valence-corrected chi connectivity index (χ4v) is 2.39. The number of hydrogen-bond donors (Lipinski definition) is 1. The van der Waals surface area contributed by atoms with Crippen LogP contribution in [0, 0.1) is 13.8 Å². The lowest BCUT2D eigenvalue weighted by atomic mass is 10.2. The average molecular weight is 328 g/mol. The van der Waals surface area contributed by atoms with E-state index in [2.05, 4.69) is 20.6 Å². The molecule has 7 heteroatoms. The molecular formula is C16H14ClN5O. The molecule has 0 saturated heterocycles. The van der Waals surface area contributed by atoms with Crippen molar-refractivity contribution in [1.29, 1.82) is 0 Å². The number of para-hydroxylation sites is 1. The first kappa shape index (κ1) is 15.2. The van der Waals surface area contributed by atoms with Gasteiger partial charge in [0.2, 0.25) is 0 Å². The number of anilines is 1. The Kier molecular flexibility index (Phi) is 4.08. The number of rotatable bonds is 3. The van der Waals surface area contributed by atoms with Gasteiger partial charge in [-0.25, -0.2) is 9.67 Å². The summed E-state index contributed by atoms with van der Waals surface area (Å²) in [7, 11) is 0. The minimum atomic E-state index is -0.359. The van der Waals surface area contributed by atoms with Crippen LogP contribution in [0.25, 0.3) is 5.69 Å². The SMILES string of the molecule is Cc1cccnc1NC(=O)c1nnn(-c2ccccc2Cl)c1C. The van der Waals surface area contributed by atoms with Crippen LogP contribution in [0.5, 0.6) is 0 Å². The number of amides is 1. The number of carbonyl (C=O) groups is 1. The lowest BCUT2D eigenvalue weighted by Crippen LogP contribution is -2.16. The number of nitrogens with one attached hydrogen (secondary N) is 1. The molecule has 116 valence electrons. The predicted molar refractivity (Wildman–Crippen MR) is 88.0 cm³/mol. The topological polar surface area (TPSA) is 72.7 Å². The van der Waals surface area contributed by atoms with E-state index in [4.69, 9.17) is 11.6 Å². The zero-order valence-electron chi connectivity index (χ0n) is 12.6. The van der Waals surface area contributed by atoms with Gasteiger partial charge in [0.25, 0.3) is 5.91 Å². The van der Waals surface area contributed by atoms with Crippen molar-refractivity contribution >= 4 is 23.3 Å². The van der Waals surface area contributed by atoms with Crippen molar-refractivity contribution in [2.45, 2.75) is 13.8 Å². The van der Waals surface area contributed by atoms with Crippen LogP contribution in [-0.2, 0) is 0 Å². The second kappa shape index (κ2) is 6.18. The van der Waals surface area contributed by atoms with Crippen molar-refractivity contribution in [3.63, 3.8) is 0 Å².